The van der Waals surface area contributed by atoms with Gasteiger partial charge in [0.25, 0.3) is 0 Å². The van der Waals surface area contributed by atoms with Crippen molar-refractivity contribution >= 4 is 6.08 Å². The Balaban J connectivity index is 1.32. The largest absolute Gasteiger partial charge is 0.348 e. The summed E-state index contributed by atoms with van der Waals surface area (Å²) in [5.74, 6) is -0.436. The fourth-order valence-electron chi connectivity index (χ4n) is 3.64. The monoisotopic (exact) mass is 379 g/mol. The molecule has 0 spiro atoms. The lowest BCUT2D eigenvalue weighted by Gasteiger charge is -2.28. The van der Waals surface area contributed by atoms with Crippen LogP contribution in [0.1, 0.15) is 24.1 Å². The maximum Gasteiger partial charge on any atom is 0.123 e. The van der Waals surface area contributed by atoms with Crippen LogP contribution in [-0.4, -0.2) is 34.5 Å². The zero-order valence-corrected chi connectivity index (χ0v) is 15.7. The van der Waals surface area contributed by atoms with Gasteiger partial charge in [0, 0.05) is 37.3 Å². The van der Waals surface area contributed by atoms with Crippen LogP contribution >= 0.6 is 0 Å². The first-order chi connectivity index (χ1) is 13.7. The van der Waals surface area contributed by atoms with Crippen LogP contribution in [0.5, 0.6) is 0 Å². The molecular formula is C23H23F2N3. The summed E-state index contributed by atoms with van der Waals surface area (Å²) in [6.45, 7) is 3.00. The molecule has 5 heteroatoms. The molecule has 0 unspecified atom stereocenters. The summed E-state index contributed by atoms with van der Waals surface area (Å²) in [5.41, 5.74) is 5.39. The van der Waals surface area contributed by atoms with Crippen molar-refractivity contribution in [2.45, 2.75) is 19.3 Å². The number of aromatic amines is 1. The number of nitrogens with one attached hydrogen (secondary N) is 1. The number of hydrogen-bond acceptors (Lipinski definition) is 2. The number of piperidine rings is 1. The van der Waals surface area contributed by atoms with Gasteiger partial charge >= 0.3 is 0 Å². The number of H-pyrrole nitrogens is 1. The topological polar surface area (TPSA) is 31.9 Å². The zero-order valence-electron chi connectivity index (χ0n) is 15.7. The Morgan fingerprint density at radius 1 is 0.929 bits per heavy atom. The van der Waals surface area contributed by atoms with E-state index < -0.39 is 0 Å². The predicted octanol–water partition coefficient (Wildman–Crippen LogP) is 5.08. The van der Waals surface area contributed by atoms with Crippen molar-refractivity contribution < 1.29 is 8.78 Å². The number of imidazole rings is 1. The molecule has 2 aromatic carbocycles. The number of halogens is 2. The molecule has 28 heavy (non-hydrogen) atoms. The number of likely N-dealkylation sites (tertiary alicyclic amines) is 1. The van der Waals surface area contributed by atoms with Crippen molar-refractivity contribution in [2.75, 3.05) is 19.6 Å². The Bertz CT molecular complexity index is 933. The van der Waals surface area contributed by atoms with E-state index in [1.807, 2.05) is 12.1 Å². The van der Waals surface area contributed by atoms with Gasteiger partial charge in [-0.05, 0) is 54.8 Å². The summed E-state index contributed by atoms with van der Waals surface area (Å²) in [6, 6.07) is 13.1. The van der Waals surface area contributed by atoms with Crippen LogP contribution in [0.4, 0.5) is 8.78 Å². The van der Waals surface area contributed by atoms with E-state index in [2.05, 4.69) is 20.9 Å². The van der Waals surface area contributed by atoms with Crippen LogP contribution in [0.15, 0.2) is 60.4 Å². The van der Waals surface area contributed by atoms with Gasteiger partial charge in [0.1, 0.15) is 11.6 Å². The first-order valence-corrected chi connectivity index (χ1v) is 9.63. The normalized spacial score (nSPS) is 15.0. The summed E-state index contributed by atoms with van der Waals surface area (Å²) in [6.07, 6.45) is 6.83. The average Bonchev–Trinajstić information content (AvgIpc) is 3.18. The van der Waals surface area contributed by atoms with Crippen LogP contribution in [0.2, 0.25) is 0 Å². The fourth-order valence-corrected chi connectivity index (χ4v) is 3.64. The van der Waals surface area contributed by atoms with Crippen LogP contribution in [0.3, 0.4) is 0 Å². The van der Waals surface area contributed by atoms with Crippen molar-refractivity contribution in [3.05, 3.63) is 83.3 Å². The predicted molar refractivity (Wildman–Crippen MR) is 108 cm³/mol. The molecular weight excluding hydrogens is 356 g/mol. The van der Waals surface area contributed by atoms with Crippen molar-refractivity contribution in [2.24, 2.45) is 0 Å². The molecule has 144 valence electrons. The number of aromatic nitrogens is 2. The lowest BCUT2D eigenvalue weighted by atomic mass is 10.0. The fraction of sp³-hybridized carbons (Fsp3) is 0.261. The molecule has 1 aliphatic heterocycles. The highest BCUT2D eigenvalue weighted by Gasteiger charge is 2.15. The third-order valence-corrected chi connectivity index (χ3v) is 5.25. The first-order valence-electron chi connectivity index (χ1n) is 9.63. The number of nitrogens with zero attached hydrogens (tertiary/aromatic N) is 2. The molecule has 1 N–H and O–H groups in total. The summed E-state index contributed by atoms with van der Waals surface area (Å²) in [4.78, 5) is 10.1. The maximum atomic E-state index is 13.2. The molecule has 0 radical (unpaired) electrons. The Hall–Kier alpha value is -2.79. The maximum absolute atomic E-state index is 13.2. The van der Waals surface area contributed by atoms with Gasteiger partial charge in [-0.3, -0.25) is 0 Å². The Morgan fingerprint density at radius 2 is 1.57 bits per heavy atom. The van der Waals surface area contributed by atoms with E-state index in [9.17, 15) is 8.78 Å². The second kappa shape index (κ2) is 8.48. The molecule has 0 aliphatic carbocycles. The summed E-state index contributed by atoms with van der Waals surface area (Å²) in [7, 11) is 0. The summed E-state index contributed by atoms with van der Waals surface area (Å²) in [5, 5.41) is 0. The Labute approximate surface area is 163 Å². The van der Waals surface area contributed by atoms with Gasteiger partial charge < -0.3 is 9.88 Å². The average molecular weight is 379 g/mol. The highest BCUT2D eigenvalue weighted by atomic mass is 19.1. The molecule has 1 fully saturated rings. The summed E-state index contributed by atoms with van der Waals surface area (Å²) < 4.78 is 26.2. The van der Waals surface area contributed by atoms with Gasteiger partial charge in [-0.1, -0.05) is 23.8 Å². The second-order valence-corrected chi connectivity index (χ2v) is 7.18. The third kappa shape index (κ3) is 4.54. The van der Waals surface area contributed by atoms with Crippen LogP contribution in [0, 0.1) is 11.6 Å². The van der Waals surface area contributed by atoms with E-state index in [0.717, 1.165) is 61.4 Å². The van der Waals surface area contributed by atoms with Gasteiger partial charge in [-0.15, -0.1) is 0 Å². The quantitative estimate of drug-likeness (QED) is 0.671. The summed E-state index contributed by atoms with van der Waals surface area (Å²) >= 11 is 0. The lowest BCUT2D eigenvalue weighted by Crippen LogP contribution is -2.32. The molecule has 1 saturated heterocycles. The minimum Gasteiger partial charge on any atom is -0.348 e. The van der Waals surface area contributed by atoms with Crippen LogP contribution < -0.4 is 0 Å². The van der Waals surface area contributed by atoms with Crippen LogP contribution in [-0.2, 0) is 6.42 Å². The standard InChI is InChI=1S/C23H23F2N3/c24-20-5-1-17(2-6-20)15-18-9-12-28(13-10-18)14-11-22-23(27-16-26-22)19-3-7-21(25)8-4-19/h1-8,15-16H,9-14H2,(H,26,27). The van der Waals surface area contributed by atoms with E-state index in [1.54, 1.807) is 18.5 Å². The van der Waals surface area contributed by atoms with E-state index >= 15 is 0 Å². The smallest absolute Gasteiger partial charge is 0.123 e. The van der Waals surface area contributed by atoms with Crippen molar-refractivity contribution in [1.82, 2.24) is 14.9 Å². The number of rotatable bonds is 5. The second-order valence-electron chi connectivity index (χ2n) is 7.18. The molecule has 1 aromatic heterocycles. The van der Waals surface area contributed by atoms with Crippen LogP contribution in [0.25, 0.3) is 17.3 Å². The van der Waals surface area contributed by atoms with E-state index in [1.165, 1.54) is 29.8 Å². The van der Waals surface area contributed by atoms with Crippen molar-refractivity contribution in [3.8, 4) is 11.3 Å². The number of benzene rings is 2. The van der Waals surface area contributed by atoms with Crippen molar-refractivity contribution in [3.63, 3.8) is 0 Å². The Kier molecular flexibility index (Phi) is 5.63. The van der Waals surface area contributed by atoms with Gasteiger partial charge in [-0.2, -0.15) is 0 Å². The minimum atomic E-state index is -0.237. The molecule has 3 aromatic rings. The number of hydrogen-bond donors (Lipinski definition) is 1. The van der Waals surface area contributed by atoms with Gasteiger partial charge in [0.15, 0.2) is 0 Å². The van der Waals surface area contributed by atoms with E-state index in [-0.39, 0.29) is 11.6 Å². The van der Waals surface area contributed by atoms with Gasteiger partial charge in [-0.25, -0.2) is 13.8 Å². The SMILES string of the molecule is Fc1ccc(C=C2CCN(CCc3[nH]cnc3-c3ccc(F)cc3)CC2)cc1. The minimum absolute atomic E-state index is 0.198. The van der Waals surface area contributed by atoms with E-state index in [4.69, 9.17) is 0 Å². The molecule has 3 nitrogen and oxygen atoms in total. The molecule has 0 atom stereocenters. The Morgan fingerprint density at radius 3 is 2.25 bits per heavy atom. The zero-order chi connectivity index (χ0) is 19.3. The molecule has 1 aliphatic rings. The molecule has 4 rings (SSSR count). The molecule has 0 bridgehead atoms. The third-order valence-electron chi connectivity index (χ3n) is 5.25. The molecule has 0 saturated carbocycles. The highest BCUT2D eigenvalue weighted by molar-refractivity contribution is 5.61. The first kappa shape index (κ1) is 18.6. The van der Waals surface area contributed by atoms with E-state index in [0.29, 0.717) is 0 Å². The molecule has 2 heterocycles. The van der Waals surface area contributed by atoms with Gasteiger partial charge in [0.05, 0.1) is 12.0 Å². The lowest BCUT2D eigenvalue weighted by molar-refractivity contribution is 0.260. The molecule has 0 amide bonds. The van der Waals surface area contributed by atoms with Gasteiger partial charge in [0.2, 0.25) is 0 Å². The van der Waals surface area contributed by atoms with Crippen molar-refractivity contribution in [1.29, 1.82) is 0 Å². The highest BCUT2D eigenvalue weighted by Crippen LogP contribution is 2.23.